The fraction of sp³-hybridized carbons (Fsp3) is 0.214. The summed E-state index contributed by atoms with van der Waals surface area (Å²) in [5.74, 6) is -0.0962. The second-order valence-corrected chi connectivity index (χ2v) is 4.30. The largest absolute Gasteiger partial charge is 0.476 e. The molecule has 1 aromatic carbocycles. The molecule has 0 aliphatic carbocycles. The third-order valence-corrected chi connectivity index (χ3v) is 2.93. The molecule has 19 heavy (non-hydrogen) atoms. The summed E-state index contributed by atoms with van der Waals surface area (Å²) in [5, 5.41) is 8.75. The van der Waals surface area contributed by atoms with Crippen LogP contribution in [-0.4, -0.2) is 21.0 Å². The first-order chi connectivity index (χ1) is 8.99. The van der Waals surface area contributed by atoms with E-state index in [2.05, 4.69) is 9.97 Å². The fourth-order valence-corrected chi connectivity index (χ4v) is 1.67. The van der Waals surface area contributed by atoms with Crippen molar-refractivity contribution in [3.05, 3.63) is 46.9 Å². The zero-order chi connectivity index (χ0) is 14.0. The quantitative estimate of drug-likeness (QED) is 0.916. The van der Waals surface area contributed by atoms with Crippen molar-refractivity contribution in [1.82, 2.24) is 9.97 Å². The van der Waals surface area contributed by atoms with Crippen molar-refractivity contribution < 1.29 is 14.6 Å². The van der Waals surface area contributed by atoms with Gasteiger partial charge in [-0.15, -0.1) is 0 Å². The van der Waals surface area contributed by atoms with E-state index in [1.165, 1.54) is 12.4 Å². The maximum Gasteiger partial charge on any atom is 0.356 e. The van der Waals surface area contributed by atoms with Crippen LogP contribution in [0.2, 0.25) is 0 Å². The Morgan fingerprint density at radius 3 is 2.37 bits per heavy atom. The van der Waals surface area contributed by atoms with E-state index in [1.807, 2.05) is 32.9 Å². The highest BCUT2D eigenvalue weighted by atomic mass is 16.5. The number of nitrogens with zero attached hydrogens (tertiary/aromatic N) is 2. The Balaban J connectivity index is 2.31. The maximum atomic E-state index is 10.7. The highest BCUT2D eigenvalue weighted by Crippen LogP contribution is 2.29. The molecule has 1 heterocycles. The van der Waals surface area contributed by atoms with Crippen molar-refractivity contribution in [1.29, 1.82) is 0 Å². The summed E-state index contributed by atoms with van der Waals surface area (Å²) in [6, 6.07) is 3.99. The van der Waals surface area contributed by atoms with Gasteiger partial charge in [-0.25, -0.2) is 14.8 Å². The zero-order valence-corrected chi connectivity index (χ0v) is 11.0. The van der Waals surface area contributed by atoms with Crippen LogP contribution in [0.4, 0.5) is 0 Å². The number of aromatic nitrogens is 2. The van der Waals surface area contributed by atoms with Crippen LogP contribution in [0.1, 0.15) is 27.2 Å². The van der Waals surface area contributed by atoms with E-state index in [-0.39, 0.29) is 11.6 Å². The smallest absolute Gasteiger partial charge is 0.356 e. The van der Waals surface area contributed by atoms with E-state index in [0.29, 0.717) is 0 Å². The first-order valence-corrected chi connectivity index (χ1v) is 5.79. The summed E-state index contributed by atoms with van der Waals surface area (Å²) >= 11 is 0. The molecule has 0 saturated carbocycles. The van der Waals surface area contributed by atoms with Crippen LogP contribution in [-0.2, 0) is 0 Å². The van der Waals surface area contributed by atoms with Crippen molar-refractivity contribution in [2.24, 2.45) is 0 Å². The Morgan fingerprint density at radius 1 is 1.11 bits per heavy atom. The van der Waals surface area contributed by atoms with Crippen LogP contribution in [0, 0.1) is 20.8 Å². The van der Waals surface area contributed by atoms with Gasteiger partial charge in [-0.05, 0) is 37.5 Å². The van der Waals surface area contributed by atoms with Crippen LogP contribution in [0.3, 0.4) is 0 Å². The minimum atomic E-state index is -1.11. The molecule has 0 spiro atoms. The number of ether oxygens (including phenoxy) is 1. The minimum Gasteiger partial charge on any atom is -0.476 e. The van der Waals surface area contributed by atoms with Crippen molar-refractivity contribution in [2.45, 2.75) is 20.8 Å². The van der Waals surface area contributed by atoms with Crippen LogP contribution in [0.25, 0.3) is 0 Å². The molecule has 0 fully saturated rings. The molecule has 1 N–H and O–H groups in total. The number of aryl methyl sites for hydroxylation is 2. The summed E-state index contributed by atoms with van der Waals surface area (Å²) in [7, 11) is 0. The molecule has 5 nitrogen and oxygen atoms in total. The Hall–Kier alpha value is -2.43. The molecule has 0 amide bonds. The molecule has 0 saturated heterocycles. The van der Waals surface area contributed by atoms with Gasteiger partial charge < -0.3 is 9.84 Å². The number of aromatic carboxylic acids is 1. The average molecular weight is 258 g/mol. The first-order valence-electron chi connectivity index (χ1n) is 5.79. The SMILES string of the molecule is Cc1ccc(C)c(Oc2cnc(C(=O)O)cn2)c1C. The Bertz CT molecular complexity index is 621. The lowest BCUT2D eigenvalue weighted by atomic mass is 10.1. The van der Waals surface area contributed by atoms with E-state index >= 15 is 0 Å². The normalized spacial score (nSPS) is 10.3. The van der Waals surface area contributed by atoms with E-state index < -0.39 is 5.97 Å². The number of benzene rings is 1. The maximum absolute atomic E-state index is 10.7. The van der Waals surface area contributed by atoms with E-state index in [0.717, 1.165) is 22.4 Å². The van der Waals surface area contributed by atoms with Crippen molar-refractivity contribution in [3.63, 3.8) is 0 Å². The summed E-state index contributed by atoms with van der Waals surface area (Å²) in [6.07, 6.45) is 2.49. The molecule has 5 heteroatoms. The van der Waals surface area contributed by atoms with Gasteiger partial charge in [0.2, 0.25) is 5.88 Å². The molecule has 0 unspecified atom stereocenters. The Kier molecular flexibility index (Phi) is 3.46. The lowest BCUT2D eigenvalue weighted by Crippen LogP contribution is -2.02. The number of hydrogen-bond donors (Lipinski definition) is 1. The minimum absolute atomic E-state index is 0.106. The first kappa shape index (κ1) is 13.0. The number of carboxylic acid groups (broad SMARTS) is 1. The van der Waals surface area contributed by atoms with Crippen LogP contribution < -0.4 is 4.74 Å². The third-order valence-electron chi connectivity index (χ3n) is 2.93. The Labute approximate surface area is 110 Å². The van der Waals surface area contributed by atoms with Gasteiger partial charge >= 0.3 is 5.97 Å². The molecule has 0 aliphatic rings. The van der Waals surface area contributed by atoms with Crippen molar-refractivity contribution >= 4 is 5.97 Å². The number of rotatable bonds is 3. The topological polar surface area (TPSA) is 72.3 Å². The molecule has 2 rings (SSSR count). The van der Waals surface area contributed by atoms with Gasteiger partial charge in [-0.2, -0.15) is 0 Å². The molecule has 2 aromatic rings. The van der Waals surface area contributed by atoms with Gasteiger partial charge in [0.25, 0.3) is 0 Å². The van der Waals surface area contributed by atoms with Gasteiger partial charge in [-0.1, -0.05) is 12.1 Å². The summed E-state index contributed by atoms with van der Waals surface area (Å²) in [4.78, 5) is 18.4. The summed E-state index contributed by atoms with van der Waals surface area (Å²) < 4.78 is 5.69. The molecular weight excluding hydrogens is 244 g/mol. The monoisotopic (exact) mass is 258 g/mol. The number of carboxylic acids is 1. The molecule has 98 valence electrons. The lowest BCUT2D eigenvalue weighted by molar-refractivity contribution is 0.0690. The number of hydrogen-bond acceptors (Lipinski definition) is 4. The standard InChI is InChI=1S/C14H14N2O3/c1-8-4-5-9(2)13(10(8)3)19-12-7-15-11(6-16-12)14(17)18/h4-7H,1-3H3,(H,17,18). The predicted molar refractivity (Wildman–Crippen MR) is 69.7 cm³/mol. The van der Waals surface area contributed by atoms with E-state index in [9.17, 15) is 4.79 Å². The average Bonchev–Trinajstić information content (AvgIpc) is 2.40. The molecule has 1 aromatic heterocycles. The second-order valence-electron chi connectivity index (χ2n) is 4.30. The Morgan fingerprint density at radius 2 is 1.79 bits per heavy atom. The molecule has 0 atom stereocenters. The van der Waals surface area contributed by atoms with Crippen LogP contribution in [0.5, 0.6) is 11.6 Å². The van der Waals surface area contributed by atoms with Crippen molar-refractivity contribution in [2.75, 3.05) is 0 Å². The summed E-state index contributed by atoms with van der Waals surface area (Å²) in [5.41, 5.74) is 3.04. The van der Waals surface area contributed by atoms with Crippen LogP contribution in [0.15, 0.2) is 24.5 Å². The van der Waals surface area contributed by atoms with E-state index in [4.69, 9.17) is 9.84 Å². The fourth-order valence-electron chi connectivity index (χ4n) is 1.67. The molecule has 0 radical (unpaired) electrons. The molecular formula is C14H14N2O3. The van der Waals surface area contributed by atoms with Crippen molar-refractivity contribution in [3.8, 4) is 11.6 Å². The zero-order valence-electron chi connectivity index (χ0n) is 11.0. The van der Waals surface area contributed by atoms with Gasteiger partial charge in [-0.3, -0.25) is 0 Å². The van der Waals surface area contributed by atoms with Gasteiger partial charge in [0.1, 0.15) is 5.75 Å². The summed E-state index contributed by atoms with van der Waals surface area (Å²) in [6.45, 7) is 5.92. The number of carbonyl (C=O) groups is 1. The third kappa shape index (κ3) is 2.70. The lowest BCUT2D eigenvalue weighted by Gasteiger charge is -2.12. The molecule has 0 aliphatic heterocycles. The molecule has 0 bridgehead atoms. The van der Waals surface area contributed by atoms with Gasteiger partial charge in [0.05, 0.1) is 12.4 Å². The van der Waals surface area contributed by atoms with Gasteiger partial charge in [0, 0.05) is 0 Å². The van der Waals surface area contributed by atoms with Crippen LogP contribution >= 0.6 is 0 Å². The van der Waals surface area contributed by atoms with E-state index in [1.54, 1.807) is 0 Å². The van der Waals surface area contributed by atoms with Gasteiger partial charge in [0.15, 0.2) is 5.69 Å². The second kappa shape index (κ2) is 5.06. The predicted octanol–water partition coefficient (Wildman–Crippen LogP) is 2.89. The highest BCUT2D eigenvalue weighted by Gasteiger charge is 2.10. The highest BCUT2D eigenvalue weighted by molar-refractivity contribution is 5.84.